The first-order valence-corrected chi connectivity index (χ1v) is 8.82. The van der Waals surface area contributed by atoms with Gasteiger partial charge in [-0.2, -0.15) is 0 Å². The van der Waals surface area contributed by atoms with Crippen molar-refractivity contribution in [3.8, 4) is 0 Å². The molecule has 6 nitrogen and oxygen atoms in total. The number of piperazine rings is 1. The lowest BCUT2D eigenvalue weighted by atomic mass is 10.1. The van der Waals surface area contributed by atoms with Crippen molar-refractivity contribution in [1.82, 2.24) is 19.8 Å². The van der Waals surface area contributed by atoms with Gasteiger partial charge in [-0.1, -0.05) is 30.3 Å². The molecule has 25 heavy (non-hydrogen) atoms. The van der Waals surface area contributed by atoms with Crippen LogP contribution >= 0.6 is 0 Å². The molecule has 0 unspecified atom stereocenters. The Morgan fingerprint density at radius 3 is 2.56 bits per heavy atom. The molecule has 0 radical (unpaired) electrons. The van der Waals surface area contributed by atoms with Crippen LogP contribution < -0.4 is 5.73 Å². The SMILES string of the molecule is Nc1ccnc(CN2CCN(C(=O)CCCc3ccccc3)CC2)n1. The molecule has 0 saturated carbocycles. The lowest BCUT2D eigenvalue weighted by Crippen LogP contribution is -2.48. The summed E-state index contributed by atoms with van der Waals surface area (Å²) >= 11 is 0. The molecule has 0 bridgehead atoms. The summed E-state index contributed by atoms with van der Waals surface area (Å²) in [4.78, 5) is 25.1. The fourth-order valence-electron chi connectivity index (χ4n) is 3.09. The number of benzene rings is 1. The van der Waals surface area contributed by atoms with Crippen LogP contribution in [0.4, 0.5) is 5.82 Å². The van der Waals surface area contributed by atoms with Crippen LogP contribution in [0.1, 0.15) is 24.2 Å². The number of carbonyl (C=O) groups is 1. The molecular formula is C19H25N5O. The average Bonchev–Trinajstić information content (AvgIpc) is 2.63. The lowest BCUT2D eigenvalue weighted by molar-refractivity contribution is -0.133. The average molecular weight is 339 g/mol. The quantitative estimate of drug-likeness (QED) is 0.867. The van der Waals surface area contributed by atoms with Crippen LogP contribution in [-0.4, -0.2) is 51.9 Å². The van der Waals surface area contributed by atoms with Crippen molar-refractivity contribution >= 4 is 11.7 Å². The molecule has 0 spiro atoms. The summed E-state index contributed by atoms with van der Waals surface area (Å²) in [6, 6.07) is 12.0. The van der Waals surface area contributed by atoms with E-state index in [4.69, 9.17) is 5.73 Å². The summed E-state index contributed by atoms with van der Waals surface area (Å²) in [7, 11) is 0. The number of nitrogens with zero attached hydrogens (tertiary/aromatic N) is 4. The van der Waals surface area contributed by atoms with Gasteiger partial charge in [0.15, 0.2) is 0 Å². The molecule has 3 rings (SSSR count). The van der Waals surface area contributed by atoms with Crippen molar-refractivity contribution in [2.45, 2.75) is 25.8 Å². The third-order valence-electron chi connectivity index (χ3n) is 4.52. The molecule has 2 aromatic rings. The fraction of sp³-hybridized carbons (Fsp3) is 0.421. The monoisotopic (exact) mass is 339 g/mol. The van der Waals surface area contributed by atoms with E-state index in [1.54, 1.807) is 12.3 Å². The molecule has 1 aliphatic rings. The highest BCUT2D eigenvalue weighted by Crippen LogP contribution is 2.10. The van der Waals surface area contributed by atoms with Crippen molar-refractivity contribution in [2.24, 2.45) is 0 Å². The standard InChI is InChI=1S/C19H25N5O/c20-17-9-10-21-18(22-17)15-23-11-13-24(14-12-23)19(25)8-4-7-16-5-2-1-3-6-16/h1-3,5-6,9-10H,4,7-8,11-15H2,(H2,20,21,22). The number of amides is 1. The van der Waals surface area contributed by atoms with E-state index in [0.717, 1.165) is 44.8 Å². The van der Waals surface area contributed by atoms with Crippen molar-refractivity contribution in [2.75, 3.05) is 31.9 Å². The number of aromatic nitrogens is 2. The Hall–Kier alpha value is -2.47. The summed E-state index contributed by atoms with van der Waals surface area (Å²) in [5.74, 6) is 1.50. The largest absolute Gasteiger partial charge is 0.384 e. The molecular weight excluding hydrogens is 314 g/mol. The highest BCUT2D eigenvalue weighted by atomic mass is 16.2. The lowest BCUT2D eigenvalue weighted by Gasteiger charge is -2.34. The Bertz CT molecular complexity index is 683. The second-order valence-electron chi connectivity index (χ2n) is 6.39. The molecule has 0 atom stereocenters. The van der Waals surface area contributed by atoms with Crippen LogP contribution in [-0.2, 0) is 17.8 Å². The number of aryl methyl sites for hydroxylation is 1. The maximum absolute atomic E-state index is 12.4. The van der Waals surface area contributed by atoms with Crippen LogP contribution in [0.15, 0.2) is 42.6 Å². The third-order valence-corrected chi connectivity index (χ3v) is 4.52. The fourth-order valence-corrected chi connectivity index (χ4v) is 3.09. The minimum Gasteiger partial charge on any atom is -0.384 e. The first-order valence-electron chi connectivity index (χ1n) is 8.82. The van der Waals surface area contributed by atoms with E-state index in [2.05, 4.69) is 27.0 Å². The molecule has 1 aromatic carbocycles. The van der Waals surface area contributed by atoms with Crippen LogP contribution in [0.3, 0.4) is 0 Å². The maximum atomic E-state index is 12.4. The zero-order chi connectivity index (χ0) is 17.5. The van der Waals surface area contributed by atoms with Gasteiger partial charge in [0.25, 0.3) is 0 Å². The van der Waals surface area contributed by atoms with Gasteiger partial charge in [-0.3, -0.25) is 9.69 Å². The molecule has 1 saturated heterocycles. The smallest absolute Gasteiger partial charge is 0.222 e. The predicted octanol–water partition coefficient (Wildman–Crippen LogP) is 1.73. The van der Waals surface area contributed by atoms with E-state index in [9.17, 15) is 4.79 Å². The molecule has 1 amide bonds. The number of rotatable bonds is 6. The van der Waals surface area contributed by atoms with E-state index >= 15 is 0 Å². The molecule has 0 aliphatic carbocycles. The summed E-state index contributed by atoms with van der Waals surface area (Å²) < 4.78 is 0. The van der Waals surface area contributed by atoms with E-state index in [-0.39, 0.29) is 5.91 Å². The van der Waals surface area contributed by atoms with E-state index in [1.807, 2.05) is 23.1 Å². The summed E-state index contributed by atoms with van der Waals surface area (Å²) in [6.45, 7) is 3.92. The molecule has 6 heteroatoms. The third kappa shape index (κ3) is 5.26. The topological polar surface area (TPSA) is 75.3 Å². The van der Waals surface area contributed by atoms with Gasteiger partial charge in [0, 0.05) is 38.8 Å². The first-order chi connectivity index (χ1) is 12.2. The van der Waals surface area contributed by atoms with E-state index in [1.165, 1.54) is 5.56 Å². The van der Waals surface area contributed by atoms with Crippen molar-refractivity contribution in [1.29, 1.82) is 0 Å². The molecule has 2 heterocycles. The van der Waals surface area contributed by atoms with Crippen molar-refractivity contribution < 1.29 is 4.79 Å². The first kappa shape index (κ1) is 17.4. The second kappa shape index (κ2) is 8.58. The second-order valence-corrected chi connectivity index (χ2v) is 6.39. The Balaban J connectivity index is 1.38. The normalized spacial score (nSPS) is 15.3. The van der Waals surface area contributed by atoms with Gasteiger partial charge in [-0.25, -0.2) is 9.97 Å². The number of hydrogen-bond donors (Lipinski definition) is 1. The Morgan fingerprint density at radius 2 is 1.84 bits per heavy atom. The molecule has 2 N–H and O–H groups in total. The highest BCUT2D eigenvalue weighted by molar-refractivity contribution is 5.76. The van der Waals surface area contributed by atoms with Crippen LogP contribution in [0.25, 0.3) is 0 Å². The van der Waals surface area contributed by atoms with Gasteiger partial charge >= 0.3 is 0 Å². The zero-order valence-corrected chi connectivity index (χ0v) is 14.5. The van der Waals surface area contributed by atoms with Gasteiger partial charge in [-0.05, 0) is 24.5 Å². The van der Waals surface area contributed by atoms with Gasteiger partial charge in [0.1, 0.15) is 11.6 Å². The Morgan fingerprint density at radius 1 is 1.08 bits per heavy atom. The number of anilines is 1. The summed E-state index contributed by atoms with van der Waals surface area (Å²) in [5, 5.41) is 0. The van der Waals surface area contributed by atoms with E-state index < -0.39 is 0 Å². The highest BCUT2D eigenvalue weighted by Gasteiger charge is 2.21. The van der Waals surface area contributed by atoms with Crippen molar-refractivity contribution in [3.63, 3.8) is 0 Å². The zero-order valence-electron chi connectivity index (χ0n) is 14.5. The van der Waals surface area contributed by atoms with Crippen LogP contribution in [0.5, 0.6) is 0 Å². The predicted molar refractivity (Wildman–Crippen MR) is 97.7 cm³/mol. The minimum atomic E-state index is 0.260. The molecule has 132 valence electrons. The summed E-state index contributed by atoms with van der Waals surface area (Å²) in [5.41, 5.74) is 6.99. The number of hydrogen-bond acceptors (Lipinski definition) is 5. The minimum absolute atomic E-state index is 0.260. The van der Waals surface area contributed by atoms with E-state index in [0.29, 0.717) is 18.8 Å². The maximum Gasteiger partial charge on any atom is 0.222 e. The number of nitrogen functional groups attached to an aromatic ring is 1. The van der Waals surface area contributed by atoms with Gasteiger partial charge < -0.3 is 10.6 Å². The molecule has 1 aromatic heterocycles. The number of carbonyl (C=O) groups excluding carboxylic acids is 1. The Labute approximate surface area is 148 Å². The summed E-state index contributed by atoms with van der Waals surface area (Å²) in [6.07, 6.45) is 4.16. The van der Waals surface area contributed by atoms with Gasteiger partial charge in [0.05, 0.1) is 6.54 Å². The molecule has 1 fully saturated rings. The van der Waals surface area contributed by atoms with Gasteiger partial charge in [-0.15, -0.1) is 0 Å². The molecule has 1 aliphatic heterocycles. The van der Waals surface area contributed by atoms with Gasteiger partial charge in [0.2, 0.25) is 5.91 Å². The van der Waals surface area contributed by atoms with Crippen molar-refractivity contribution in [3.05, 3.63) is 54.0 Å². The Kier molecular flexibility index (Phi) is 5.95. The number of nitrogens with two attached hydrogens (primary N) is 1. The van der Waals surface area contributed by atoms with Crippen LogP contribution in [0.2, 0.25) is 0 Å². The van der Waals surface area contributed by atoms with Crippen LogP contribution in [0, 0.1) is 0 Å².